The number of aromatic nitrogens is 2. The Labute approximate surface area is 217 Å². The number of thiazole rings is 1. The number of aliphatic carboxylic acids is 1. The van der Waals surface area contributed by atoms with Crippen LogP contribution in [0.3, 0.4) is 0 Å². The minimum absolute atomic E-state index is 0.0527. The minimum Gasteiger partial charge on any atom is -0.481 e. The second-order valence-electron chi connectivity index (χ2n) is 10.1. The second-order valence-corrected chi connectivity index (χ2v) is 12.6. The van der Waals surface area contributed by atoms with Gasteiger partial charge in [0.25, 0.3) is 0 Å². The van der Waals surface area contributed by atoms with E-state index in [1.54, 1.807) is 6.07 Å². The summed E-state index contributed by atoms with van der Waals surface area (Å²) in [4.78, 5) is 23.1. The van der Waals surface area contributed by atoms with Crippen LogP contribution in [0.15, 0.2) is 30.3 Å². The van der Waals surface area contributed by atoms with Crippen LogP contribution in [0.1, 0.15) is 36.9 Å². The normalized spacial score (nSPS) is 28.3. The third kappa shape index (κ3) is 4.15. The monoisotopic (exact) mass is 613 g/mol. The average Bonchev–Trinajstić information content (AvgIpc) is 3.10. The van der Waals surface area contributed by atoms with E-state index in [4.69, 9.17) is 10.1 Å². The van der Waals surface area contributed by atoms with Gasteiger partial charge in [-0.3, -0.25) is 9.69 Å². The third-order valence-corrected chi connectivity index (χ3v) is 10.3. The fraction of sp³-hybridized carbons (Fsp3) is 0.480. The largest absolute Gasteiger partial charge is 0.481 e. The lowest BCUT2D eigenvalue weighted by atomic mass is 9.84. The van der Waals surface area contributed by atoms with Gasteiger partial charge in [-0.25, -0.2) is 23.1 Å². The highest BCUT2D eigenvalue weighted by Gasteiger charge is 2.63. The molecular formula is C25H23F3IN3O2S. The van der Waals surface area contributed by atoms with Gasteiger partial charge in [-0.05, 0) is 48.6 Å². The number of likely N-dealkylation sites (tertiary alicyclic amines) is 1. The van der Waals surface area contributed by atoms with E-state index in [0.29, 0.717) is 50.9 Å². The molecule has 1 aliphatic heterocycles. The summed E-state index contributed by atoms with van der Waals surface area (Å²) in [5.41, 5.74) is 2.41. The smallest absolute Gasteiger partial charge is 0.309 e. The molecule has 3 atom stereocenters. The third-order valence-electron chi connectivity index (χ3n) is 7.76. The van der Waals surface area contributed by atoms with E-state index < -0.39 is 11.9 Å². The molecule has 184 valence electrons. The summed E-state index contributed by atoms with van der Waals surface area (Å²) in [6.07, 6.45) is 1.25. The highest BCUT2D eigenvalue weighted by Crippen LogP contribution is 2.63. The summed E-state index contributed by atoms with van der Waals surface area (Å²) in [6.45, 7) is 1.46. The molecule has 2 saturated carbocycles. The Morgan fingerprint density at radius 3 is 2.60 bits per heavy atom. The molecule has 3 aliphatic rings. The van der Waals surface area contributed by atoms with Gasteiger partial charge in [-0.2, -0.15) is 0 Å². The van der Waals surface area contributed by atoms with Crippen LogP contribution >= 0.6 is 33.9 Å². The molecule has 3 heterocycles. The van der Waals surface area contributed by atoms with Crippen molar-refractivity contribution in [2.45, 2.75) is 47.5 Å². The van der Waals surface area contributed by atoms with E-state index in [0.717, 1.165) is 17.7 Å². The first-order valence-corrected chi connectivity index (χ1v) is 13.7. The van der Waals surface area contributed by atoms with Crippen LogP contribution in [0.2, 0.25) is 0 Å². The van der Waals surface area contributed by atoms with Crippen LogP contribution in [0.5, 0.6) is 0 Å². The number of halogens is 4. The molecular weight excluding hydrogens is 590 g/mol. The Hall–Kier alpha value is -1.79. The van der Waals surface area contributed by atoms with Crippen LogP contribution in [-0.2, 0) is 16.8 Å². The van der Waals surface area contributed by atoms with E-state index in [1.165, 1.54) is 17.4 Å². The van der Waals surface area contributed by atoms with Crippen LogP contribution in [0, 0.1) is 17.7 Å². The van der Waals surface area contributed by atoms with Crippen molar-refractivity contribution in [3.05, 3.63) is 47.4 Å². The standard InChI is InChI=1S/C25H23F3IN3O2S/c26-17-7-13(10-32-11-14(12-32)23(33)34)1-2-16(17)21-30-18-3-4-20(31-22(18)35-21)25(9-19(25)29)15-5-6-24(27,28)8-15/h1-4,7,14-15,19H,5-6,8-12H2,(H,33,34). The number of rotatable bonds is 6. The number of nitrogens with zero attached hydrogens (tertiary/aromatic N) is 3. The molecule has 6 rings (SSSR count). The van der Waals surface area contributed by atoms with E-state index in [-0.39, 0.29) is 35.9 Å². The van der Waals surface area contributed by atoms with E-state index >= 15 is 4.39 Å². The number of alkyl halides is 3. The van der Waals surface area contributed by atoms with Crippen molar-refractivity contribution in [1.82, 2.24) is 14.9 Å². The summed E-state index contributed by atoms with van der Waals surface area (Å²) < 4.78 is 43.2. The lowest BCUT2D eigenvalue weighted by molar-refractivity contribution is -0.147. The van der Waals surface area contributed by atoms with Crippen molar-refractivity contribution in [1.29, 1.82) is 0 Å². The summed E-state index contributed by atoms with van der Waals surface area (Å²) >= 11 is 3.68. The zero-order valence-electron chi connectivity index (χ0n) is 18.7. The molecule has 3 aromatic rings. The Morgan fingerprint density at radius 2 is 1.97 bits per heavy atom. The fourth-order valence-electron chi connectivity index (χ4n) is 5.66. The molecule has 1 N–H and O–H groups in total. The first-order valence-electron chi connectivity index (χ1n) is 11.7. The molecule has 10 heteroatoms. The van der Waals surface area contributed by atoms with Crippen LogP contribution < -0.4 is 0 Å². The van der Waals surface area contributed by atoms with Gasteiger partial charge in [-0.15, -0.1) is 0 Å². The maximum Gasteiger partial charge on any atom is 0.309 e. The molecule has 1 aromatic carbocycles. The van der Waals surface area contributed by atoms with Gasteiger partial charge >= 0.3 is 5.97 Å². The molecule has 5 nitrogen and oxygen atoms in total. The molecule has 2 aliphatic carbocycles. The first-order chi connectivity index (χ1) is 16.6. The minimum atomic E-state index is -2.59. The van der Waals surface area contributed by atoms with Crippen LogP contribution in [-0.4, -0.2) is 48.9 Å². The maximum atomic E-state index is 15.0. The number of pyridine rings is 1. The molecule has 0 spiro atoms. The molecule has 35 heavy (non-hydrogen) atoms. The van der Waals surface area contributed by atoms with E-state index in [1.807, 2.05) is 23.1 Å². The van der Waals surface area contributed by atoms with E-state index in [9.17, 15) is 13.6 Å². The molecule has 3 fully saturated rings. The lowest BCUT2D eigenvalue weighted by Gasteiger charge is -2.36. The van der Waals surface area contributed by atoms with Gasteiger partial charge in [0, 0.05) is 53.1 Å². The maximum absolute atomic E-state index is 15.0. The van der Waals surface area contributed by atoms with Crippen molar-refractivity contribution < 1.29 is 23.1 Å². The van der Waals surface area contributed by atoms with Crippen LogP contribution in [0.25, 0.3) is 20.9 Å². The number of benzene rings is 1. The van der Waals surface area contributed by atoms with Gasteiger partial charge in [0.15, 0.2) is 0 Å². The molecule has 2 aromatic heterocycles. The van der Waals surface area contributed by atoms with Gasteiger partial charge in [0.1, 0.15) is 21.2 Å². The Bertz CT molecular complexity index is 1330. The highest BCUT2D eigenvalue weighted by molar-refractivity contribution is 14.1. The number of fused-ring (bicyclic) bond motifs is 1. The van der Waals surface area contributed by atoms with Gasteiger partial charge < -0.3 is 5.11 Å². The highest BCUT2D eigenvalue weighted by atomic mass is 127. The predicted molar refractivity (Wildman–Crippen MR) is 136 cm³/mol. The predicted octanol–water partition coefficient (Wildman–Crippen LogP) is 5.89. The van der Waals surface area contributed by atoms with Gasteiger partial charge in [0.05, 0.1) is 5.92 Å². The summed E-state index contributed by atoms with van der Waals surface area (Å²) in [5.74, 6) is -4.18. The Morgan fingerprint density at radius 1 is 1.20 bits per heavy atom. The number of carboxylic acid groups (broad SMARTS) is 1. The summed E-state index contributed by atoms with van der Waals surface area (Å²) in [5, 5.41) is 9.54. The zero-order chi connectivity index (χ0) is 24.5. The number of carbonyl (C=O) groups is 1. The van der Waals surface area contributed by atoms with Crippen molar-refractivity contribution in [2.75, 3.05) is 13.1 Å². The van der Waals surface area contributed by atoms with Crippen molar-refractivity contribution in [3.8, 4) is 10.6 Å². The zero-order valence-corrected chi connectivity index (χ0v) is 21.7. The number of hydrogen-bond acceptors (Lipinski definition) is 5. The van der Waals surface area contributed by atoms with Crippen LogP contribution in [0.4, 0.5) is 13.2 Å². The summed E-state index contributed by atoms with van der Waals surface area (Å²) in [6, 6.07) is 8.83. The average molecular weight is 613 g/mol. The molecule has 1 saturated heterocycles. The van der Waals surface area contributed by atoms with Crippen molar-refractivity contribution in [3.63, 3.8) is 0 Å². The number of hydrogen-bond donors (Lipinski definition) is 1. The quantitative estimate of drug-likeness (QED) is 0.278. The Balaban J connectivity index is 1.23. The molecule has 0 bridgehead atoms. The molecule has 0 amide bonds. The second kappa shape index (κ2) is 8.37. The van der Waals surface area contributed by atoms with Crippen molar-refractivity contribution in [2.24, 2.45) is 11.8 Å². The fourth-order valence-corrected chi connectivity index (χ4v) is 8.18. The topological polar surface area (TPSA) is 66.3 Å². The first kappa shape index (κ1) is 23.6. The SMILES string of the molecule is O=C(O)C1CN(Cc2ccc(-c3nc4ccc(C5(C6CCC(F)(F)C6)CC5I)nc4s3)c(F)c2)C1. The lowest BCUT2D eigenvalue weighted by Crippen LogP contribution is -2.49. The molecule has 3 unspecified atom stereocenters. The van der Waals surface area contributed by atoms with Gasteiger partial charge in [0.2, 0.25) is 5.92 Å². The molecule has 0 radical (unpaired) electrons. The van der Waals surface area contributed by atoms with Gasteiger partial charge in [-0.1, -0.05) is 40.0 Å². The Kier molecular flexibility index (Phi) is 5.65. The van der Waals surface area contributed by atoms with Crippen molar-refractivity contribution >= 4 is 50.2 Å². The number of carboxylic acids is 1. The van der Waals surface area contributed by atoms with E-state index in [2.05, 4.69) is 27.6 Å². The summed E-state index contributed by atoms with van der Waals surface area (Å²) in [7, 11) is 0.